The van der Waals surface area contributed by atoms with Crippen molar-refractivity contribution in [3.05, 3.63) is 30.3 Å². The Morgan fingerprint density at radius 1 is 1.00 bits per heavy atom. The maximum atomic E-state index is 12.2. The molecule has 2 fully saturated rings. The quantitative estimate of drug-likeness (QED) is 0.895. The minimum absolute atomic E-state index is 0.0186. The normalized spacial score (nSPS) is 25.4. The Kier molecular flexibility index (Phi) is 3.34. The molecule has 20 heavy (non-hydrogen) atoms. The Morgan fingerprint density at radius 3 is 2.20 bits per heavy atom. The predicted octanol–water partition coefficient (Wildman–Crippen LogP) is 1.06. The van der Waals surface area contributed by atoms with Crippen LogP contribution in [-0.2, 0) is 9.59 Å². The molecule has 1 aromatic rings. The van der Waals surface area contributed by atoms with Crippen molar-refractivity contribution in [3.8, 4) is 0 Å². The summed E-state index contributed by atoms with van der Waals surface area (Å²) in [4.78, 5) is 27.0. The maximum absolute atomic E-state index is 12.2. The maximum Gasteiger partial charge on any atom is 0.307 e. The van der Waals surface area contributed by atoms with E-state index in [0.29, 0.717) is 19.5 Å². The van der Waals surface area contributed by atoms with Crippen LogP contribution in [0.1, 0.15) is 6.42 Å². The highest BCUT2D eigenvalue weighted by atomic mass is 16.4. The lowest BCUT2D eigenvalue weighted by Crippen LogP contribution is -2.49. The first-order valence-electron chi connectivity index (χ1n) is 6.98. The number of aliphatic carboxylic acids is 1. The van der Waals surface area contributed by atoms with E-state index in [9.17, 15) is 9.59 Å². The van der Waals surface area contributed by atoms with Gasteiger partial charge in [-0.05, 0) is 18.6 Å². The van der Waals surface area contributed by atoms with Gasteiger partial charge in [-0.15, -0.1) is 0 Å². The summed E-state index contributed by atoms with van der Waals surface area (Å²) in [6, 6.07) is 10.1. The van der Waals surface area contributed by atoms with E-state index < -0.39 is 11.9 Å². The van der Waals surface area contributed by atoms with E-state index in [2.05, 4.69) is 17.0 Å². The summed E-state index contributed by atoms with van der Waals surface area (Å²) >= 11 is 0. The molecule has 1 aliphatic heterocycles. The molecule has 1 saturated carbocycles. The van der Waals surface area contributed by atoms with Crippen molar-refractivity contribution in [1.82, 2.24) is 4.90 Å². The number of carboxylic acids is 1. The van der Waals surface area contributed by atoms with Crippen LogP contribution in [0.4, 0.5) is 5.69 Å². The Labute approximate surface area is 117 Å². The van der Waals surface area contributed by atoms with Gasteiger partial charge >= 0.3 is 5.97 Å². The van der Waals surface area contributed by atoms with E-state index in [4.69, 9.17) is 5.11 Å². The second-order valence-corrected chi connectivity index (χ2v) is 5.43. The lowest BCUT2D eigenvalue weighted by Gasteiger charge is -2.36. The standard InChI is InChI=1S/C15H18N2O3/c18-14(12-10-13(12)15(19)20)17-8-6-16(7-9-17)11-4-2-1-3-5-11/h1-5,12-13H,6-10H2,(H,19,20). The first-order chi connectivity index (χ1) is 9.66. The van der Waals surface area contributed by atoms with Gasteiger partial charge in [0, 0.05) is 31.9 Å². The van der Waals surface area contributed by atoms with Crippen LogP contribution in [-0.4, -0.2) is 48.1 Å². The van der Waals surface area contributed by atoms with Gasteiger partial charge in [0.2, 0.25) is 5.91 Å². The molecule has 1 N–H and O–H groups in total. The van der Waals surface area contributed by atoms with Crippen molar-refractivity contribution in [2.45, 2.75) is 6.42 Å². The number of rotatable bonds is 3. The molecule has 3 rings (SSSR count). The van der Waals surface area contributed by atoms with Crippen LogP contribution in [0, 0.1) is 11.8 Å². The third kappa shape index (κ3) is 2.48. The van der Waals surface area contributed by atoms with Crippen LogP contribution in [0.5, 0.6) is 0 Å². The number of anilines is 1. The van der Waals surface area contributed by atoms with Crippen molar-refractivity contribution >= 4 is 17.6 Å². The smallest absolute Gasteiger partial charge is 0.307 e. The Bertz CT molecular complexity index is 509. The van der Waals surface area contributed by atoms with Gasteiger partial charge in [0.1, 0.15) is 0 Å². The monoisotopic (exact) mass is 274 g/mol. The lowest BCUT2D eigenvalue weighted by atomic mass is 10.2. The molecule has 0 bridgehead atoms. The molecule has 106 valence electrons. The number of carbonyl (C=O) groups is 2. The van der Waals surface area contributed by atoms with Crippen molar-refractivity contribution < 1.29 is 14.7 Å². The molecule has 1 aliphatic carbocycles. The molecule has 2 aliphatic rings. The van der Waals surface area contributed by atoms with E-state index in [0.717, 1.165) is 13.1 Å². The highest BCUT2D eigenvalue weighted by molar-refractivity contribution is 5.89. The average molecular weight is 274 g/mol. The molecule has 2 unspecified atom stereocenters. The molecule has 1 aromatic carbocycles. The summed E-state index contributed by atoms with van der Waals surface area (Å²) in [6.07, 6.45) is 0.507. The van der Waals surface area contributed by atoms with Gasteiger partial charge in [-0.2, -0.15) is 0 Å². The zero-order chi connectivity index (χ0) is 14.1. The second kappa shape index (κ2) is 5.15. The molecular weight excluding hydrogens is 256 g/mol. The summed E-state index contributed by atoms with van der Waals surface area (Å²) in [7, 11) is 0. The summed E-state index contributed by atoms with van der Waals surface area (Å²) in [6.45, 7) is 2.97. The molecular formula is C15H18N2O3. The molecule has 1 heterocycles. The van der Waals surface area contributed by atoms with Crippen LogP contribution in [0.15, 0.2) is 30.3 Å². The lowest BCUT2D eigenvalue weighted by molar-refractivity contribution is -0.142. The predicted molar refractivity (Wildman–Crippen MR) is 74.5 cm³/mol. The summed E-state index contributed by atoms with van der Waals surface area (Å²) < 4.78 is 0. The molecule has 0 aromatic heterocycles. The van der Waals surface area contributed by atoms with Crippen LogP contribution in [0.25, 0.3) is 0 Å². The topological polar surface area (TPSA) is 60.9 Å². The van der Waals surface area contributed by atoms with Gasteiger partial charge in [0.15, 0.2) is 0 Å². The zero-order valence-electron chi connectivity index (χ0n) is 11.2. The summed E-state index contributed by atoms with van der Waals surface area (Å²) in [5.41, 5.74) is 1.18. The molecule has 0 spiro atoms. The van der Waals surface area contributed by atoms with Gasteiger partial charge in [-0.3, -0.25) is 9.59 Å². The largest absolute Gasteiger partial charge is 0.481 e. The minimum atomic E-state index is -0.841. The average Bonchev–Trinajstić information content (AvgIpc) is 3.28. The van der Waals surface area contributed by atoms with E-state index in [1.165, 1.54) is 5.69 Å². The molecule has 2 atom stereocenters. The van der Waals surface area contributed by atoms with E-state index in [1.54, 1.807) is 0 Å². The number of carbonyl (C=O) groups excluding carboxylic acids is 1. The fourth-order valence-corrected chi connectivity index (χ4v) is 2.80. The fraction of sp³-hybridized carbons (Fsp3) is 0.467. The Hall–Kier alpha value is -2.04. The third-order valence-corrected chi connectivity index (χ3v) is 4.14. The third-order valence-electron chi connectivity index (χ3n) is 4.14. The number of hydrogen-bond donors (Lipinski definition) is 1. The number of piperazine rings is 1. The van der Waals surface area contributed by atoms with Gasteiger partial charge in [0.25, 0.3) is 0 Å². The number of para-hydroxylation sites is 1. The SMILES string of the molecule is O=C(O)C1CC1C(=O)N1CCN(c2ccccc2)CC1. The summed E-state index contributed by atoms with van der Waals surface area (Å²) in [5, 5.41) is 8.88. The number of nitrogens with zero attached hydrogens (tertiary/aromatic N) is 2. The van der Waals surface area contributed by atoms with E-state index in [-0.39, 0.29) is 11.8 Å². The van der Waals surface area contributed by atoms with E-state index >= 15 is 0 Å². The van der Waals surface area contributed by atoms with Gasteiger partial charge < -0.3 is 14.9 Å². The number of benzene rings is 1. The minimum Gasteiger partial charge on any atom is -0.481 e. The number of hydrogen-bond acceptors (Lipinski definition) is 3. The van der Waals surface area contributed by atoms with Crippen LogP contribution >= 0.6 is 0 Å². The molecule has 5 nitrogen and oxygen atoms in total. The van der Waals surface area contributed by atoms with Crippen molar-refractivity contribution in [2.75, 3.05) is 31.1 Å². The van der Waals surface area contributed by atoms with Gasteiger partial charge in [0.05, 0.1) is 11.8 Å². The molecule has 0 radical (unpaired) electrons. The van der Waals surface area contributed by atoms with Crippen LogP contribution < -0.4 is 4.90 Å². The molecule has 5 heteroatoms. The number of amides is 1. The van der Waals surface area contributed by atoms with Crippen molar-refractivity contribution in [3.63, 3.8) is 0 Å². The van der Waals surface area contributed by atoms with Crippen molar-refractivity contribution in [2.24, 2.45) is 11.8 Å². The molecule has 1 saturated heterocycles. The van der Waals surface area contributed by atoms with E-state index in [1.807, 2.05) is 23.1 Å². The van der Waals surface area contributed by atoms with Crippen molar-refractivity contribution in [1.29, 1.82) is 0 Å². The first-order valence-corrected chi connectivity index (χ1v) is 6.98. The highest BCUT2D eigenvalue weighted by Crippen LogP contribution is 2.40. The number of carboxylic acid groups (broad SMARTS) is 1. The van der Waals surface area contributed by atoms with Crippen LogP contribution in [0.3, 0.4) is 0 Å². The molecule has 1 amide bonds. The van der Waals surface area contributed by atoms with Gasteiger partial charge in [-0.25, -0.2) is 0 Å². The fourth-order valence-electron chi connectivity index (χ4n) is 2.80. The highest BCUT2D eigenvalue weighted by Gasteiger charge is 2.49. The Balaban J connectivity index is 1.54. The van der Waals surface area contributed by atoms with Gasteiger partial charge in [-0.1, -0.05) is 18.2 Å². The van der Waals surface area contributed by atoms with Crippen LogP contribution in [0.2, 0.25) is 0 Å². The first kappa shape index (κ1) is 13.0. The second-order valence-electron chi connectivity index (χ2n) is 5.43. The Morgan fingerprint density at radius 2 is 1.65 bits per heavy atom. The summed E-state index contributed by atoms with van der Waals surface area (Å²) in [5.74, 6) is -1.55. The zero-order valence-corrected chi connectivity index (χ0v) is 11.2.